The Balaban J connectivity index is 2.09. The fraction of sp³-hybridized carbons (Fsp3) is 0.688. The van der Waals surface area contributed by atoms with Gasteiger partial charge in [0, 0.05) is 24.4 Å². The van der Waals surface area contributed by atoms with Crippen LogP contribution < -0.4 is 5.32 Å². The monoisotopic (exact) mass is 275 g/mol. The third-order valence-electron chi connectivity index (χ3n) is 4.20. The summed E-state index contributed by atoms with van der Waals surface area (Å²) >= 11 is 0. The minimum absolute atomic E-state index is 0.0776. The van der Waals surface area contributed by atoms with E-state index in [0.29, 0.717) is 5.56 Å². The van der Waals surface area contributed by atoms with Gasteiger partial charge in [0.25, 0.3) is 5.91 Å². The van der Waals surface area contributed by atoms with E-state index in [0.717, 1.165) is 12.2 Å². The Labute approximate surface area is 121 Å². The fourth-order valence-corrected chi connectivity index (χ4v) is 3.66. The number of carbonyl (C=O) groups is 1. The molecule has 2 rings (SSSR count). The summed E-state index contributed by atoms with van der Waals surface area (Å²) in [6.45, 7) is 12.9. The zero-order valence-electron chi connectivity index (χ0n) is 13.3. The first-order valence-electron chi connectivity index (χ1n) is 7.26. The molecular weight excluding hydrogens is 250 g/mol. The predicted molar refractivity (Wildman–Crippen MR) is 79.6 cm³/mol. The molecule has 0 atom stereocenters. The van der Waals surface area contributed by atoms with Crippen LogP contribution in [0, 0.1) is 10.8 Å². The standard InChI is InChI=1S/C16H25N3O/c1-10(2)12-17-7-11(8-18-12)13(20)19-14-15(3,4)9-16(14,5)6/h7-8,10,14H,9H2,1-6H3,(H,19,20). The maximum atomic E-state index is 12.3. The van der Waals surface area contributed by atoms with Crippen LogP contribution in [0.15, 0.2) is 12.4 Å². The van der Waals surface area contributed by atoms with Gasteiger partial charge in [0.15, 0.2) is 0 Å². The first-order valence-corrected chi connectivity index (χ1v) is 7.26. The second-order valence-electron chi connectivity index (χ2n) is 7.55. The van der Waals surface area contributed by atoms with E-state index in [-0.39, 0.29) is 28.7 Å². The summed E-state index contributed by atoms with van der Waals surface area (Å²) in [7, 11) is 0. The number of hydrogen-bond donors (Lipinski definition) is 1. The van der Waals surface area contributed by atoms with Crippen LogP contribution in [-0.2, 0) is 0 Å². The molecule has 0 unspecified atom stereocenters. The van der Waals surface area contributed by atoms with Gasteiger partial charge in [-0.25, -0.2) is 9.97 Å². The molecule has 0 radical (unpaired) electrons. The van der Waals surface area contributed by atoms with Crippen molar-refractivity contribution in [2.45, 2.75) is 59.9 Å². The molecule has 1 fully saturated rings. The maximum Gasteiger partial charge on any atom is 0.254 e. The van der Waals surface area contributed by atoms with Crippen LogP contribution in [0.25, 0.3) is 0 Å². The van der Waals surface area contributed by atoms with Crippen LogP contribution >= 0.6 is 0 Å². The molecule has 1 aromatic rings. The van der Waals surface area contributed by atoms with E-state index < -0.39 is 0 Å². The van der Waals surface area contributed by atoms with Crippen LogP contribution in [0.3, 0.4) is 0 Å². The van der Waals surface area contributed by atoms with Gasteiger partial charge >= 0.3 is 0 Å². The molecule has 1 amide bonds. The molecule has 1 saturated carbocycles. The van der Waals surface area contributed by atoms with Crippen LogP contribution in [0.1, 0.15) is 70.1 Å². The van der Waals surface area contributed by atoms with E-state index >= 15 is 0 Å². The van der Waals surface area contributed by atoms with Gasteiger partial charge in [-0.15, -0.1) is 0 Å². The number of hydrogen-bond acceptors (Lipinski definition) is 3. The van der Waals surface area contributed by atoms with Gasteiger partial charge in [-0.1, -0.05) is 41.5 Å². The van der Waals surface area contributed by atoms with Crippen LogP contribution in [-0.4, -0.2) is 21.9 Å². The Kier molecular flexibility index (Phi) is 3.61. The van der Waals surface area contributed by atoms with Crippen molar-refractivity contribution in [3.8, 4) is 0 Å². The van der Waals surface area contributed by atoms with Gasteiger partial charge in [0.1, 0.15) is 5.82 Å². The van der Waals surface area contributed by atoms with Gasteiger partial charge in [-0.3, -0.25) is 4.79 Å². The maximum absolute atomic E-state index is 12.3. The van der Waals surface area contributed by atoms with Gasteiger partial charge in [0.05, 0.1) is 5.56 Å². The lowest BCUT2D eigenvalue weighted by atomic mass is 9.52. The number of amides is 1. The van der Waals surface area contributed by atoms with Crippen molar-refractivity contribution in [2.24, 2.45) is 10.8 Å². The van der Waals surface area contributed by atoms with Gasteiger partial charge in [-0.05, 0) is 17.3 Å². The summed E-state index contributed by atoms with van der Waals surface area (Å²) in [6, 6.07) is 0.187. The second-order valence-corrected chi connectivity index (χ2v) is 7.55. The van der Waals surface area contributed by atoms with E-state index in [1.807, 2.05) is 13.8 Å². The Morgan fingerprint density at radius 3 is 2.10 bits per heavy atom. The zero-order valence-corrected chi connectivity index (χ0v) is 13.3. The molecule has 1 aliphatic carbocycles. The van der Waals surface area contributed by atoms with E-state index in [9.17, 15) is 4.79 Å². The lowest BCUT2D eigenvalue weighted by Gasteiger charge is -2.57. The topological polar surface area (TPSA) is 54.9 Å². The van der Waals surface area contributed by atoms with Gasteiger partial charge < -0.3 is 5.32 Å². The van der Waals surface area contributed by atoms with E-state index in [1.165, 1.54) is 0 Å². The molecule has 4 heteroatoms. The summed E-state index contributed by atoms with van der Waals surface area (Å²) in [6.07, 6.45) is 4.36. The summed E-state index contributed by atoms with van der Waals surface area (Å²) in [5.41, 5.74) is 0.836. The minimum Gasteiger partial charge on any atom is -0.348 e. The first-order chi connectivity index (χ1) is 9.13. The average Bonchev–Trinajstić information content (AvgIpc) is 2.34. The van der Waals surface area contributed by atoms with Crippen LogP contribution in [0.4, 0.5) is 0 Å². The highest BCUT2D eigenvalue weighted by atomic mass is 16.1. The molecule has 1 N–H and O–H groups in total. The molecule has 0 bridgehead atoms. The number of carbonyl (C=O) groups excluding carboxylic acids is 1. The molecule has 110 valence electrons. The van der Waals surface area contributed by atoms with Gasteiger partial charge in [0.2, 0.25) is 0 Å². The molecule has 1 heterocycles. The molecule has 1 aromatic heterocycles. The number of aromatic nitrogens is 2. The smallest absolute Gasteiger partial charge is 0.254 e. The summed E-state index contributed by atoms with van der Waals surface area (Å²) < 4.78 is 0. The number of nitrogens with one attached hydrogen (secondary N) is 1. The molecular formula is C16H25N3O. The Hall–Kier alpha value is -1.45. The number of rotatable bonds is 3. The van der Waals surface area contributed by atoms with Crippen molar-refractivity contribution in [3.05, 3.63) is 23.8 Å². The van der Waals surface area contributed by atoms with Crippen molar-refractivity contribution in [1.29, 1.82) is 0 Å². The van der Waals surface area contributed by atoms with Crippen molar-refractivity contribution >= 4 is 5.91 Å². The largest absolute Gasteiger partial charge is 0.348 e. The minimum atomic E-state index is -0.0776. The molecule has 0 aromatic carbocycles. The third kappa shape index (κ3) is 2.69. The van der Waals surface area contributed by atoms with E-state index in [1.54, 1.807) is 12.4 Å². The van der Waals surface area contributed by atoms with E-state index in [4.69, 9.17) is 0 Å². The first kappa shape index (κ1) is 14.9. The van der Waals surface area contributed by atoms with Crippen molar-refractivity contribution in [1.82, 2.24) is 15.3 Å². The Morgan fingerprint density at radius 1 is 1.20 bits per heavy atom. The molecule has 0 spiro atoms. The highest BCUT2D eigenvalue weighted by Crippen LogP contribution is 2.53. The molecule has 0 saturated heterocycles. The van der Waals surface area contributed by atoms with Crippen LogP contribution in [0.2, 0.25) is 0 Å². The zero-order chi connectivity index (χ0) is 15.1. The predicted octanol–water partition coefficient (Wildman–Crippen LogP) is 3.15. The second kappa shape index (κ2) is 4.83. The summed E-state index contributed by atoms with van der Waals surface area (Å²) in [4.78, 5) is 20.8. The fourth-order valence-electron chi connectivity index (χ4n) is 3.66. The van der Waals surface area contributed by atoms with Crippen molar-refractivity contribution in [3.63, 3.8) is 0 Å². The molecule has 1 aliphatic rings. The quantitative estimate of drug-likeness (QED) is 0.922. The molecule has 20 heavy (non-hydrogen) atoms. The SMILES string of the molecule is CC(C)c1ncc(C(=O)NC2C(C)(C)CC2(C)C)cn1. The molecule has 0 aliphatic heterocycles. The highest BCUT2D eigenvalue weighted by molar-refractivity contribution is 5.94. The normalized spacial score (nSPS) is 20.6. The Bertz CT molecular complexity index is 489. The lowest BCUT2D eigenvalue weighted by Crippen LogP contribution is -2.63. The van der Waals surface area contributed by atoms with Gasteiger partial charge in [-0.2, -0.15) is 0 Å². The number of nitrogens with zero attached hydrogens (tertiary/aromatic N) is 2. The third-order valence-corrected chi connectivity index (χ3v) is 4.20. The average molecular weight is 275 g/mol. The Morgan fingerprint density at radius 2 is 1.70 bits per heavy atom. The summed E-state index contributed by atoms with van der Waals surface area (Å²) in [5.74, 6) is 0.966. The molecule has 4 nitrogen and oxygen atoms in total. The summed E-state index contributed by atoms with van der Waals surface area (Å²) in [5, 5.41) is 3.14. The van der Waals surface area contributed by atoms with Crippen molar-refractivity contribution < 1.29 is 4.79 Å². The van der Waals surface area contributed by atoms with Crippen molar-refractivity contribution in [2.75, 3.05) is 0 Å². The lowest BCUT2D eigenvalue weighted by molar-refractivity contribution is -0.0366. The highest BCUT2D eigenvalue weighted by Gasteiger charge is 2.53. The van der Waals surface area contributed by atoms with E-state index in [2.05, 4.69) is 43.0 Å². The van der Waals surface area contributed by atoms with Crippen LogP contribution in [0.5, 0.6) is 0 Å².